The minimum Gasteiger partial charge on any atom is -0.456 e. The summed E-state index contributed by atoms with van der Waals surface area (Å²) in [5, 5.41) is 11.2. The van der Waals surface area contributed by atoms with Crippen molar-refractivity contribution in [3.63, 3.8) is 0 Å². The van der Waals surface area contributed by atoms with Crippen LogP contribution in [0.5, 0.6) is 0 Å². The number of para-hydroxylation sites is 1. The first-order valence-corrected chi connectivity index (χ1v) is 10.1. The predicted molar refractivity (Wildman–Crippen MR) is 128 cm³/mol. The summed E-state index contributed by atoms with van der Waals surface area (Å²) >= 11 is 0. The van der Waals surface area contributed by atoms with E-state index >= 15 is 0 Å². The van der Waals surface area contributed by atoms with E-state index in [9.17, 15) is 5.26 Å². The van der Waals surface area contributed by atoms with Crippen molar-refractivity contribution in [2.45, 2.75) is 0 Å². The molecule has 32 heavy (non-hydrogen) atoms. The Bertz CT molecular complexity index is 1520. The number of aliphatic imine (C=N–C) groups is 2. The number of hydrogen-bond donors (Lipinski definition) is 1. The van der Waals surface area contributed by atoms with Crippen LogP contribution < -0.4 is 5.73 Å². The molecule has 0 aliphatic rings. The highest BCUT2D eigenvalue weighted by molar-refractivity contribution is 6.13. The number of nitrogens with zero attached hydrogens (tertiary/aromatic N) is 3. The van der Waals surface area contributed by atoms with Crippen molar-refractivity contribution in [1.29, 1.82) is 5.26 Å². The lowest BCUT2D eigenvalue weighted by molar-refractivity contribution is 0.669. The average Bonchev–Trinajstić information content (AvgIpc) is 3.22. The van der Waals surface area contributed by atoms with Crippen molar-refractivity contribution in [1.82, 2.24) is 0 Å². The van der Waals surface area contributed by atoms with E-state index in [1.165, 1.54) is 0 Å². The largest absolute Gasteiger partial charge is 0.456 e. The normalized spacial score (nSPS) is 12.2. The van der Waals surface area contributed by atoms with Crippen LogP contribution in [-0.4, -0.2) is 11.7 Å². The summed E-state index contributed by atoms with van der Waals surface area (Å²) in [6.07, 6.45) is 1.82. The molecular weight excluding hydrogens is 396 g/mol. The molecule has 152 valence electrons. The summed E-state index contributed by atoms with van der Waals surface area (Å²) < 4.78 is 5.95. The van der Waals surface area contributed by atoms with Gasteiger partial charge < -0.3 is 10.2 Å². The third-order valence-corrected chi connectivity index (χ3v) is 5.31. The molecule has 0 spiro atoms. The summed E-state index contributed by atoms with van der Waals surface area (Å²) in [5.74, 6) is 0.516. The molecule has 0 bridgehead atoms. The van der Waals surface area contributed by atoms with Crippen LogP contribution in [0.3, 0.4) is 0 Å². The molecule has 0 saturated heterocycles. The molecule has 4 aromatic carbocycles. The molecular formula is C27H18N4O. The molecule has 0 fully saturated rings. The molecule has 5 rings (SSSR count). The lowest BCUT2D eigenvalue weighted by atomic mass is 10.0. The van der Waals surface area contributed by atoms with E-state index in [0.717, 1.165) is 33.0 Å². The second kappa shape index (κ2) is 8.21. The standard InChI is InChI=1S/C27H18N4O/c28-17-30-27(21-14-15-23-22-8-4-5-9-24(22)32-25(23)16-21)31-26(29)20-12-10-19(11-13-20)18-6-2-1-3-7-18/h1-16H,(H2,29,30,31). The Morgan fingerprint density at radius 3 is 2.16 bits per heavy atom. The van der Waals surface area contributed by atoms with Gasteiger partial charge >= 0.3 is 0 Å². The van der Waals surface area contributed by atoms with E-state index in [-0.39, 0.29) is 11.7 Å². The number of fused-ring (bicyclic) bond motifs is 3. The number of nitriles is 1. The number of nitrogens with two attached hydrogens (primary N) is 1. The van der Waals surface area contributed by atoms with Crippen molar-refractivity contribution in [3.05, 3.63) is 108 Å². The topological polar surface area (TPSA) is 87.7 Å². The predicted octanol–water partition coefficient (Wildman–Crippen LogP) is 5.89. The molecule has 5 heteroatoms. The quantitative estimate of drug-likeness (QED) is 0.227. The van der Waals surface area contributed by atoms with Crippen LogP contribution in [-0.2, 0) is 0 Å². The summed E-state index contributed by atoms with van der Waals surface area (Å²) in [5.41, 5.74) is 11.4. The van der Waals surface area contributed by atoms with E-state index in [1.54, 1.807) is 0 Å². The van der Waals surface area contributed by atoms with Gasteiger partial charge in [-0.3, -0.25) is 0 Å². The van der Waals surface area contributed by atoms with Gasteiger partial charge in [0, 0.05) is 21.9 Å². The van der Waals surface area contributed by atoms with E-state index in [2.05, 4.69) is 22.1 Å². The Morgan fingerprint density at radius 1 is 0.719 bits per heavy atom. The summed E-state index contributed by atoms with van der Waals surface area (Å²) in [7, 11) is 0. The van der Waals surface area contributed by atoms with Crippen LogP contribution >= 0.6 is 0 Å². The molecule has 0 radical (unpaired) electrons. The van der Waals surface area contributed by atoms with Crippen molar-refractivity contribution < 1.29 is 4.42 Å². The fourth-order valence-electron chi connectivity index (χ4n) is 3.71. The third-order valence-electron chi connectivity index (χ3n) is 5.31. The lowest BCUT2D eigenvalue weighted by Gasteiger charge is -2.06. The first kappa shape index (κ1) is 19.3. The van der Waals surface area contributed by atoms with E-state index in [4.69, 9.17) is 10.2 Å². The van der Waals surface area contributed by atoms with Gasteiger partial charge in [-0.25, -0.2) is 4.99 Å². The van der Waals surface area contributed by atoms with Gasteiger partial charge in [-0.1, -0.05) is 78.9 Å². The van der Waals surface area contributed by atoms with Gasteiger partial charge in [0.1, 0.15) is 17.0 Å². The van der Waals surface area contributed by atoms with Crippen LogP contribution in [0.2, 0.25) is 0 Å². The van der Waals surface area contributed by atoms with Crippen LogP contribution in [0.1, 0.15) is 11.1 Å². The maximum Gasteiger partial charge on any atom is 0.207 e. The zero-order valence-electron chi connectivity index (χ0n) is 17.1. The summed E-state index contributed by atoms with van der Waals surface area (Å²) in [6.45, 7) is 0. The molecule has 1 aromatic heterocycles. The monoisotopic (exact) mass is 414 g/mol. The van der Waals surface area contributed by atoms with Crippen molar-refractivity contribution in [2.75, 3.05) is 0 Å². The smallest absolute Gasteiger partial charge is 0.207 e. The highest BCUT2D eigenvalue weighted by Crippen LogP contribution is 2.29. The molecule has 0 saturated carbocycles. The zero-order chi connectivity index (χ0) is 21.9. The van der Waals surface area contributed by atoms with Gasteiger partial charge in [-0.15, -0.1) is 0 Å². The Morgan fingerprint density at radius 2 is 1.38 bits per heavy atom. The maximum atomic E-state index is 9.20. The van der Waals surface area contributed by atoms with Gasteiger partial charge in [0.25, 0.3) is 0 Å². The van der Waals surface area contributed by atoms with Crippen LogP contribution in [0, 0.1) is 11.5 Å². The Hall–Kier alpha value is -4.69. The molecule has 5 aromatic rings. The van der Waals surface area contributed by atoms with Gasteiger partial charge in [0.15, 0.2) is 5.84 Å². The van der Waals surface area contributed by atoms with E-state index in [1.807, 2.05) is 91.1 Å². The maximum absolute atomic E-state index is 9.20. The summed E-state index contributed by atoms with van der Waals surface area (Å²) in [6, 6.07) is 31.4. The number of rotatable bonds is 3. The second-order valence-corrected chi connectivity index (χ2v) is 7.28. The Labute approximate surface area is 184 Å². The Balaban J connectivity index is 1.49. The molecule has 0 amide bonds. The van der Waals surface area contributed by atoms with Crippen molar-refractivity contribution >= 4 is 33.6 Å². The lowest BCUT2D eigenvalue weighted by Crippen LogP contribution is -2.16. The average molecular weight is 414 g/mol. The molecule has 0 aliphatic heterocycles. The van der Waals surface area contributed by atoms with Gasteiger partial charge in [0.05, 0.1) is 0 Å². The van der Waals surface area contributed by atoms with Crippen LogP contribution in [0.4, 0.5) is 0 Å². The number of hydrogen-bond acceptors (Lipinski definition) is 3. The first-order chi connectivity index (χ1) is 15.7. The van der Waals surface area contributed by atoms with Gasteiger partial charge in [-0.05, 0) is 29.3 Å². The van der Waals surface area contributed by atoms with Crippen molar-refractivity contribution in [2.24, 2.45) is 15.7 Å². The van der Waals surface area contributed by atoms with Crippen molar-refractivity contribution in [3.8, 4) is 17.3 Å². The van der Waals surface area contributed by atoms with Crippen LogP contribution in [0.25, 0.3) is 33.1 Å². The van der Waals surface area contributed by atoms with E-state index < -0.39 is 0 Å². The molecule has 1 heterocycles. The first-order valence-electron chi connectivity index (χ1n) is 10.1. The van der Waals surface area contributed by atoms with Gasteiger partial charge in [0.2, 0.25) is 6.19 Å². The fourth-order valence-corrected chi connectivity index (χ4v) is 3.71. The molecule has 0 atom stereocenters. The van der Waals surface area contributed by atoms with E-state index in [0.29, 0.717) is 11.1 Å². The van der Waals surface area contributed by atoms with Gasteiger partial charge in [-0.2, -0.15) is 10.3 Å². The SMILES string of the molecule is N#CN=C(N=C(N)c1ccc(-c2ccccc2)cc1)c1ccc2c(c1)oc1ccccc12. The number of amidine groups is 2. The fraction of sp³-hybridized carbons (Fsp3) is 0. The number of furan rings is 1. The Kier molecular flexibility index (Phi) is 4.95. The highest BCUT2D eigenvalue weighted by atomic mass is 16.3. The summed E-state index contributed by atoms with van der Waals surface area (Å²) in [4.78, 5) is 8.35. The number of benzene rings is 4. The molecule has 2 N–H and O–H groups in total. The molecule has 5 nitrogen and oxygen atoms in total. The third kappa shape index (κ3) is 3.62. The second-order valence-electron chi connectivity index (χ2n) is 7.28. The zero-order valence-corrected chi connectivity index (χ0v) is 17.1. The highest BCUT2D eigenvalue weighted by Gasteiger charge is 2.11. The minimum atomic E-state index is 0.236. The minimum absolute atomic E-state index is 0.236. The molecule has 0 aliphatic carbocycles. The van der Waals surface area contributed by atoms with Crippen LogP contribution in [0.15, 0.2) is 111 Å². The molecule has 0 unspecified atom stereocenters.